The molecule has 8 heteroatoms. The Morgan fingerprint density at radius 2 is 1.65 bits per heavy atom. The average molecular weight is 466 g/mol. The molecule has 1 aromatic heterocycles. The third kappa shape index (κ3) is 5.22. The maximum atomic E-state index is 13.5. The molecule has 2 amide bonds. The second-order valence-corrected chi connectivity index (χ2v) is 8.29. The summed E-state index contributed by atoms with van der Waals surface area (Å²) in [5, 5.41) is 2.90. The molecule has 1 saturated heterocycles. The van der Waals surface area contributed by atoms with E-state index in [-0.39, 0.29) is 17.4 Å². The SMILES string of the molecule is COc1ccc(NC(=O)c2ccc(C)nc2C2CCN(C(=O)c3cc(F)cc(F)c3)CC2)cc1. The molecule has 176 valence electrons. The number of halogens is 2. The van der Waals surface area contributed by atoms with Gasteiger partial charge < -0.3 is 15.0 Å². The van der Waals surface area contributed by atoms with Crippen molar-refractivity contribution >= 4 is 17.5 Å². The molecule has 1 aliphatic heterocycles. The van der Waals surface area contributed by atoms with Gasteiger partial charge in [-0.2, -0.15) is 0 Å². The number of rotatable bonds is 5. The Bertz CT molecular complexity index is 1190. The summed E-state index contributed by atoms with van der Waals surface area (Å²) in [5.41, 5.74) is 2.60. The molecular weight excluding hydrogens is 440 g/mol. The molecule has 2 heterocycles. The highest BCUT2D eigenvalue weighted by molar-refractivity contribution is 6.05. The predicted molar refractivity (Wildman–Crippen MR) is 124 cm³/mol. The van der Waals surface area contributed by atoms with Gasteiger partial charge in [0.15, 0.2) is 0 Å². The van der Waals surface area contributed by atoms with Crippen LogP contribution in [-0.4, -0.2) is 41.9 Å². The van der Waals surface area contributed by atoms with E-state index in [1.54, 1.807) is 48.4 Å². The Labute approximate surface area is 196 Å². The van der Waals surface area contributed by atoms with Gasteiger partial charge in [-0.25, -0.2) is 8.78 Å². The van der Waals surface area contributed by atoms with Gasteiger partial charge in [-0.15, -0.1) is 0 Å². The predicted octanol–water partition coefficient (Wildman–Crippen LogP) is 4.95. The number of nitrogens with zero attached hydrogens (tertiary/aromatic N) is 2. The lowest BCUT2D eigenvalue weighted by Crippen LogP contribution is -2.38. The molecule has 1 N–H and O–H groups in total. The van der Waals surface area contributed by atoms with Crippen molar-refractivity contribution in [2.75, 3.05) is 25.5 Å². The summed E-state index contributed by atoms with van der Waals surface area (Å²) < 4.78 is 32.2. The van der Waals surface area contributed by atoms with Crippen LogP contribution in [0.4, 0.5) is 14.5 Å². The lowest BCUT2D eigenvalue weighted by molar-refractivity contribution is 0.0710. The highest BCUT2D eigenvalue weighted by Gasteiger charge is 2.28. The number of methoxy groups -OCH3 is 1. The Balaban J connectivity index is 1.48. The van der Waals surface area contributed by atoms with Crippen LogP contribution >= 0.6 is 0 Å². The zero-order valence-corrected chi connectivity index (χ0v) is 19.0. The first-order chi connectivity index (χ1) is 16.3. The number of anilines is 1. The van der Waals surface area contributed by atoms with Gasteiger partial charge in [0, 0.05) is 42.0 Å². The Kier molecular flexibility index (Phi) is 6.86. The largest absolute Gasteiger partial charge is 0.497 e. The smallest absolute Gasteiger partial charge is 0.257 e. The molecule has 1 aliphatic rings. The second kappa shape index (κ2) is 9.99. The summed E-state index contributed by atoms with van der Waals surface area (Å²) in [7, 11) is 1.58. The van der Waals surface area contributed by atoms with Gasteiger partial charge in [-0.05, 0) is 68.3 Å². The molecule has 4 rings (SSSR count). The number of ether oxygens (including phenoxy) is 1. The average Bonchev–Trinajstić information content (AvgIpc) is 2.83. The van der Waals surface area contributed by atoms with Crippen LogP contribution in [-0.2, 0) is 0 Å². The summed E-state index contributed by atoms with van der Waals surface area (Å²) in [6, 6.07) is 13.4. The maximum absolute atomic E-state index is 13.5. The van der Waals surface area contributed by atoms with Gasteiger partial charge in [-0.3, -0.25) is 14.6 Å². The zero-order valence-electron chi connectivity index (χ0n) is 19.0. The Hall–Kier alpha value is -3.81. The van der Waals surface area contributed by atoms with Crippen LogP contribution in [0.3, 0.4) is 0 Å². The molecule has 0 aliphatic carbocycles. The van der Waals surface area contributed by atoms with Crippen LogP contribution in [0.1, 0.15) is 50.9 Å². The van der Waals surface area contributed by atoms with E-state index in [1.165, 1.54) is 0 Å². The van der Waals surface area contributed by atoms with Crippen molar-refractivity contribution in [3.8, 4) is 5.75 Å². The minimum Gasteiger partial charge on any atom is -0.497 e. The van der Waals surface area contributed by atoms with Crippen molar-refractivity contribution in [2.24, 2.45) is 0 Å². The van der Waals surface area contributed by atoms with E-state index < -0.39 is 17.5 Å². The minimum atomic E-state index is -0.783. The van der Waals surface area contributed by atoms with E-state index in [0.29, 0.717) is 48.6 Å². The quantitative estimate of drug-likeness (QED) is 0.579. The van der Waals surface area contributed by atoms with Crippen LogP contribution in [0.5, 0.6) is 5.75 Å². The van der Waals surface area contributed by atoms with Crippen molar-refractivity contribution in [1.29, 1.82) is 0 Å². The first-order valence-electron chi connectivity index (χ1n) is 11.0. The first-order valence-corrected chi connectivity index (χ1v) is 11.0. The maximum Gasteiger partial charge on any atom is 0.257 e. The summed E-state index contributed by atoms with van der Waals surface area (Å²) in [4.78, 5) is 32.0. The molecule has 1 fully saturated rings. The van der Waals surface area contributed by atoms with Crippen LogP contribution < -0.4 is 10.1 Å². The normalized spacial score (nSPS) is 14.1. The second-order valence-electron chi connectivity index (χ2n) is 8.29. The third-order valence-electron chi connectivity index (χ3n) is 5.93. The Morgan fingerprint density at radius 1 is 1.00 bits per heavy atom. The van der Waals surface area contributed by atoms with Crippen molar-refractivity contribution in [2.45, 2.75) is 25.7 Å². The van der Waals surface area contributed by atoms with Crippen LogP contribution in [0.25, 0.3) is 0 Å². The number of aromatic nitrogens is 1. The molecule has 0 unspecified atom stereocenters. The monoisotopic (exact) mass is 465 g/mol. The van der Waals surface area contributed by atoms with Gasteiger partial charge in [0.05, 0.1) is 18.4 Å². The highest BCUT2D eigenvalue weighted by Crippen LogP contribution is 2.31. The number of hydrogen-bond donors (Lipinski definition) is 1. The lowest BCUT2D eigenvalue weighted by atomic mass is 9.89. The molecule has 0 radical (unpaired) electrons. The van der Waals surface area contributed by atoms with E-state index >= 15 is 0 Å². The van der Waals surface area contributed by atoms with Crippen LogP contribution in [0.2, 0.25) is 0 Å². The minimum absolute atomic E-state index is 0.0100. The van der Waals surface area contributed by atoms with Gasteiger partial charge in [0.25, 0.3) is 11.8 Å². The lowest BCUT2D eigenvalue weighted by Gasteiger charge is -2.32. The number of carbonyl (C=O) groups excluding carboxylic acids is 2. The van der Waals surface area contributed by atoms with Crippen molar-refractivity contribution in [1.82, 2.24) is 9.88 Å². The molecule has 6 nitrogen and oxygen atoms in total. The van der Waals surface area contributed by atoms with E-state index in [2.05, 4.69) is 10.3 Å². The van der Waals surface area contributed by atoms with E-state index in [0.717, 1.165) is 23.9 Å². The third-order valence-corrected chi connectivity index (χ3v) is 5.93. The van der Waals surface area contributed by atoms with Gasteiger partial charge >= 0.3 is 0 Å². The number of hydrogen-bond acceptors (Lipinski definition) is 4. The molecule has 0 bridgehead atoms. The topological polar surface area (TPSA) is 71.5 Å². The molecular formula is C26H25F2N3O3. The van der Waals surface area contributed by atoms with Gasteiger partial charge in [0.2, 0.25) is 0 Å². The van der Waals surface area contributed by atoms with Crippen LogP contribution in [0, 0.1) is 18.6 Å². The number of nitrogens with one attached hydrogen (secondary N) is 1. The van der Waals surface area contributed by atoms with Gasteiger partial charge in [-0.1, -0.05) is 0 Å². The number of carbonyl (C=O) groups is 2. The summed E-state index contributed by atoms with van der Waals surface area (Å²) in [6.45, 7) is 2.67. The number of piperidine rings is 1. The standard InChI is InChI=1S/C26H25F2N3O3/c1-16-3-8-23(25(32)30-21-4-6-22(34-2)7-5-21)24(29-16)17-9-11-31(12-10-17)26(33)18-13-19(27)15-20(28)14-18/h3-8,13-15,17H,9-12H2,1-2H3,(H,30,32). The fraction of sp³-hybridized carbons (Fsp3) is 0.269. The fourth-order valence-electron chi connectivity index (χ4n) is 4.17. The number of pyridine rings is 1. The van der Waals surface area contributed by atoms with Crippen molar-refractivity contribution in [3.63, 3.8) is 0 Å². The van der Waals surface area contributed by atoms with E-state index in [4.69, 9.17) is 4.74 Å². The molecule has 2 aromatic carbocycles. The highest BCUT2D eigenvalue weighted by atomic mass is 19.1. The summed E-state index contributed by atoms with van der Waals surface area (Å²) in [5.74, 6) is -1.57. The Morgan fingerprint density at radius 3 is 2.26 bits per heavy atom. The van der Waals surface area contributed by atoms with E-state index in [1.807, 2.05) is 6.92 Å². The van der Waals surface area contributed by atoms with Crippen molar-refractivity contribution < 1.29 is 23.1 Å². The number of benzene rings is 2. The van der Waals surface area contributed by atoms with Crippen molar-refractivity contribution in [3.05, 3.63) is 88.7 Å². The molecule has 0 spiro atoms. The summed E-state index contributed by atoms with van der Waals surface area (Å²) in [6.07, 6.45) is 1.17. The molecule has 34 heavy (non-hydrogen) atoms. The number of likely N-dealkylation sites (tertiary alicyclic amines) is 1. The number of aryl methyl sites for hydroxylation is 1. The molecule has 3 aromatic rings. The molecule has 0 saturated carbocycles. The zero-order chi connectivity index (χ0) is 24.2. The number of amides is 2. The fourth-order valence-corrected chi connectivity index (χ4v) is 4.17. The van der Waals surface area contributed by atoms with E-state index in [9.17, 15) is 18.4 Å². The first kappa shape index (κ1) is 23.4. The summed E-state index contributed by atoms with van der Waals surface area (Å²) >= 11 is 0. The van der Waals surface area contributed by atoms with Gasteiger partial charge in [0.1, 0.15) is 17.4 Å². The molecule has 0 atom stereocenters. The van der Waals surface area contributed by atoms with Crippen LogP contribution in [0.15, 0.2) is 54.6 Å².